The highest BCUT2D eigenvalue weighted by Crippen LogP contribution is 2.19. The number of amides is 1. The summed E-state index contributed by atoms with van der Waals surface area (Å²) in [5.74, 6) is -0.959. The van der Waals surface area contributed by atoms with Gasteiger partial charge in [0.1, 0.15) is 11.3 Å². The summed E-state index contributed by atoms with van der Waals surface area (Å²) >= 11 is 0. The Morgan fingerprint density at radius 2 is 2.21 bits per heavy atom. The van der Waals surface area contributed by atoms with Gasteiger partial charge in [-0.15, -0.1) is 0 Å². The Morgan fingerprint density at radius 3 is 2.84 bits per heavy atom. The summed E-state index contributed by atoms with van der Waals surface area (Å²) in [6.07, 6.45) is 4.49. The molecule has 2 aromatic heterocycles. The molecule has 0 bridgehead atoms. The lowest BCUT2D eigenvalue weighted by atomic mass is 10.1. The van der Waals surface area contributed by atoms with Crippen molar-refractivity contribution in [1.82, 2.24) is 9.55 Å². The van der Waals surface area contributed by atoms with E-state index in [9.17, 15) is 14.7 Å². The highest BCUT2D eigenvalue weighted by atomic mass is 16.3. The largest absolute Gasteiger partial charge is 0.507 e. The fourth-order valence-electron chi connectivity index (χ4n) is 1.72. The topological polar surface area (TPSA) is 84.2 Å². The third kappa shape index (κ3) is 2.47. The predicted molar refractivity (Wildman–Crippen MR) is 70.3 cm³/mol. The molecule has 0 spiro atoms. The number of rotatable bonds is 2. The van der Waals surface area contributed by atoms with Crippen molar-refractivity contribution < 1.29 is 9.90 Å². The Labute approximate surface area is 109 Å². The first-order valence-electron chi connectivity index (χ1n) is 5.61. The van der Waals surface area contributed by atoms with Gasteiger partial charge in [0, 0.05) is 25.0 Å². The molecule has 0 saturated heterocycles. The van der Waals surface area contributed by atoms with E-state index in [0.29, 0.717) is 11.3 Å². The van der Waals surface area contributed by atoms with Crippen LogP contribution in [-0.2, 0) is 7.05 Å². The summed E-state index contributed by atoms with van der Waals surface area (Å²) in [7, 11) is 1.52. The van der Waals surface area contributed by atoms with E-state index < -0.39 is 11.5 Å². The number of nitrogens with one attached hydrogen (secondary N) is 1. The van der Waals surface area contributed by atoms with Gasteiger partial charge in [-0.2, -0.15) is 0 Å². The van der Waals surface area contributed by atoms with Crippen LogP contribution in [0.3, 0.4) is 0 Å². The number of carbonyl (C=O) groups excluding carboxylic acids is 1. The molecule has 0 saturated carbocycles. The smallest absolute Gasteiger partial charge is 0.266 e. The van der Waals surface area contributed by atoms with Crippen LogP contribution in [-0.4, -0.2) is 20.6 Å². The van der Waals surface area contributed by atoms with Gasteiger partial charge in [-0.05, 0) is 19.1 Å². The van der Waals surface area contributed by atoms with Crippen LogP contribution in [0.25, 0.3) is 0 Å². The van der Waals surface area contributed by atoms with Crippen molar-refractivity contribution in [3.8, 4) is 5.75 Å². The minimum atomic E-state index is -0.658. The molecule has 0 aliphatic carbocycles. The third-order valence-electron chi connectivity index (χ3n) is 2.68. The van der Waals surface area contributed by atoms with E-state index in [1.54, 1.807) is 25.3 Å². The third-order valence-corrected chi connectivity index (χ3v) is 2.68. The lowest BCUT2D eigenvalue weighted by molar-refractivity contribution is 0.102. The molecule has 1 amide bonds. The molecule has 19 heavy (non-hydrogen) atoms. The average molecular weight is 259 g/mol. The maximum absolute atomic E-state index is 12.0. The lowest BCUT2D eigenvalue weighted by Crippen LogP contribution is -2.28. The number of aryl methyl sites for hydroxylation is 2. The summed E-state index contributed by atoms with van der Waals surface area (Å²) in [5, 5.41) is 12.4. The molecule has 0 atom stereocenters. The first-order chi connectivity index (χ1) is 9.00. The van der Waals surface area contributed by atoms with E-state index in [4.69, 9.17) is 0 Å². The zero-order chi connectivity index (χ0) is 14.0. The van der Waals surface area contributed by atoms with Gasteiger partial charge in [0.15, 0.2) is 0 Å². The fraction of sp³-hybridized carbons (Fsp3) is 0.154. The van der Waals surface area contributed by atoms with E-state index in [-0.39, 0.29) is 11.3 Å². The molecule has 0 aliphatic heterocycles. The average Bonchev–Trinajstić information content (AvgIpc) is 2.38. The zero-order valence-corrected chi connectivity index (χ0v) is 10.5. The van der Waals surface area contributed by atoms with Crippen LogP contribution in [0.5, 0.6) is 5.75 Å². The molecule has 98 valence electrons. The molecular weight excluding hydrogens is 246 g/mol. The number of aromatic hydroxyl groups is 1. The van der Waals surface area contributed by atoms with Crippen molar-refractivity contribution in [3.63, 3.8) is 0 Å². The van der Waals surface area contributed by atoms with Gasteiger partial charge in [0.25, 0.3) is 11.5 Å². The van der Waals surface area contributed by atoms with Crippen molar-refractivity contribution in [2.75, 3.05) is 5.32 Å². The van der Waals surface area contributed by atoms with Crippen LogP contribution in [0.2, 0.25) is 0 Å². The number of carbonyl (C=O) groups is 1. The first kappa shape index (κ1) is 12.8. The number of pyridine rings is 2. The number of hydrogen-bond acceptors (Lipinski definition) is 4. The van der Waals surface area contributed by atoms with Gasteiger partial charge in [0.05, 0.1) is 11.9 Å². The Morgan fingerprint density at radius 1 is 1.47 bits per heavy atom. The maximum Gasteiger partial charge on any atom is 0.266 e. The number of hydrogen-bond donors (Lipinski definition) is 2. The summed E-state index contributed by atoms with van der Waals surface area (Å²) in [6, 6.07) is 3.30. The summed E-state index contributed by atoms with van der Waals surface area (Å²) < 4.78 is 1.26. The van der Waals surface area contributed by atoms with Crippen LogP contribution in [0.15, 0.2) is 35.5 Å². The quantitative estimate of drug-likeness (QED) is 0.844. The molecule has 2 rings (SSSR count). The van der Waals surface area contributed by atoms with E-state index in [2.05, 4.69) is 10.3 Å². The Kier molecular flexibility index (Phi) is 3.33. The molecule has 6 nitrogen and oxygen atoms in total. The second-order valence-electron chi connectivity index (χ2n) is 4.15. The van der Waals surface area contributed by atoms with Crippen LogP contribution in [0.4, 0.5) is 5.69 Å². The van der Waals surface area contributed by atoms with Crippen LogP contribution in [0.1, 0.15) is 15.9 Å². The van der Waals surface area contributed by atoms with Crippen LogP contribution < -0.4 is 10.9 Å². The molecule has 2 N–H and O–H groups in total. The molecule has 6 heteroatoms. The van der Waals surface area contributed by atoms with Crippen LogP contribution in [0, 0.1) is 6.92 Å². The fourth-order valence-corrected chi connectivity index (χ4v) is 1.72. The standard InChI is InChI=1S/C13H13N3O3/c1-8-7-16(2)13(19)10(11(8)17)12(18)15-9-4-3-5-14-6-9/h3-7,17H,1-2H3,(H,15,18). The minimum absolute atomic E-state index is 0.272. The molecule has 0 fully saturated rings. The monoisotopic (exact) mass is 259 g/mol. The Balaban J connectivity index is 2.43. The minimum Gasteiger partial charge on any atom is -0.507 e. The van der Waals surface area contributed by atoms with Crippen molar-refractivity contribution in [2.24, 2.45) is 7.05 Å². The van der Waals surface area contributed by atoms with E-state index in [1.165, 1.54) is 24.0 Å². The molecule has 0 aliphatic rings. The van der Waals surface area contributed by atoms with E-state index >= 15 is 0 Å². The highest BCUT2D eigenvalue weighted by molar-refractivity contribution is 6.06. The highest BCUT2D eigenvalue weighted by Gasteiger charge is 2.19. The number of nitrogens with zero attached hydrogens (tertiary/aromatic N) is 2. The van der Waals surface area contributed by atoms with Crippen LogP contribution >= 0.6 is 0 Å². The molecule has 0 unspecified atom stereocenters. The summed E-state index contributed by atoms with van der Waals surface area (Å²) in [5.41, 5.74) is 0.0877. The van der Waals surface area contributed by atoms with Gasteiger partial charge in [-0.3, -0.25) is 14.6 Å². The lowest BCUT2D eigenvalue weighted by Gasteiger charge is -2.09. The molecule has 0 aromatic carbocycles. The van der Waals surface area contributed by atoms with Gasteiger partial charge < -0.3 is 15.0 Å². The second-order valence-corrected chi connectivity index (χ2v) is 4.15. The zero-order valence-electron chi connectivity index (χ0n) is 10.5. The van der Waals surface area contributed by atoms with Crippen molar-refractivity contribution >= 4 is 11.6 Å². The van der Waals surface area contributed by atoms with Gasteiger partial charge in [-0.25, -0.2) is 0 Å². The van der Waals surface area contributed by atoms with Gasteiger partial charge >= 0.3 is 0 Å². The summed E-state index contributed by atoms with van der Waals surface area (Å²) in [4.78, 5) is 27.8. The molecule has 2 heterocycles. The first-order valence-corrected chi connectivity index (χ1v) is 5.61. The maximum atomic E-state index is 12.0. The van der Waals surface area contributed by atoms with E-state index in [0.717, 1.165) is 0 Å². The molecule has 0 radical (unpaired) electrons. The Hall–Kier alpha value is -2.63. The van der Waals surface area contributed by atoms with Gasteiger partial charge in [-0.1, -0.05) is 0 Å². The van der Waals surface area contributed by atoms with E-state index in [1.807, 2.05) is 0 Å². The second kappa shape index (κ2) is 4.93. The summed E-state index contributed by atoms with van der Waals surface area (Å²) in [6.45, 7) is 1.62. The molecule has 2 aromatic rings. The Bertz CT molecular complexity index is 678. The number of anilines is 1. The van der Waals surface area contributed by atoms with Crippen molar-refractivity contribution in [2.45, 2.75) is 6.92 Å². The molecular formula is C13H13N3O3. The normalized spacial score (nSPS) is 10.2. The number of aromatic nitrogens is 2. The van der Waals surface area contributed by atoms with Crippen molar-refractivity contribution in [1.29, 1.82) is 0 Å². The van der Waals surface area contributed by atoms with Gasteiger partial charge in [0.2, 0.25) is 0 Å². The predicted octanol–water partition coefficient (Wildman–Crippen LogP) is 1.05. The SMILES string of the molecule is Cc1cn(C)c(=O)c(C(=O)Nc2cccnc2)c1O. The van der Waals surface area contributed by atoms with Crippen molar-refractivity contribution in [3.05, 3.63) is 52.2 Å².